The summed E-state index contributed by atoms with van der Waals surface area (Å²) >= 11 is 0. The van der Waals surface area contributed by atoms with Gasteiger partial charge in [0.1, 0.15) is 6.61 Å². The van der Waals surface area contributed by atoms with Gasteiger partial charge >= 0.3 is 0 Å². The predicted molar refractivity (Wildman–Crippen MR) is 93.6 cm³/mol. The first-order valence-corrected chi connectivity index (χ1v) is 9.57. The monoisotopic (exact) mass is 369 g/mol. The van der Waals surface area contributed by atoms with Gasteiger partial charge in [0.2, 0.25) is 0 Å². The minimum Gasteiger partial charge on any atom is -0.489 e. The Bertz CT molecular complexity index is 832. The summed E-state index contributed by atoms with van der Waals surface area (Å²) < 4.78 is 47.5. The van der Waals surface area contributed by atoms with Crippen LogP contribution in [0, 0.1) is 18.7 Å². The van der Waals surface area contributed by atoms with E-state index in [2.05, 4.69) is 23.6 Å². The van der Waals surface area contributed by atoms with Crippen molar-refractivity contribution >= 4 is 10.0 Å². The van der Waals surface area contributed by atoms with E-state index in [1.165, 1.54) is 18.6 Å². The third-order valence-corrected chi connectivity index (χ3v) is 4.97. The van der Waals surface area contributed by atoms with Crippen LogP contribution in [-0.2, 0) is 23.5 Å². The second-order valence-corrected chi connectivity index (χ2v) is 8.14. The highest BCUT2D eigenvalue weighted by molar-refractivity contribution is 7.89. The number of rotatable bonds is 8. The highest BCUT2D eigenvalue weighted by Crippen LogP contribution is 2.24. The summed E-state index contributed by atoms with van der Waals surface area (Å²) in [7, 11) is -2.00. The van der Waals surface area contributed by atoms with E-state index < -0.39 is 15.8 Å². The number of aromatic nitrogens is 2. The van der Waals surface area contributed by atoms with Crippen LogP contribution in [0.5, 0.6) is 5.75 Å². The van der Waals surface area contributed by atoms with E-state index in [0.717, 1.165) is 17.5 Å². The van der Waals surface area contributed by atoms with Crippen LogP contribution in [0.1, 0.15) is 25.0 Å². The van der Waals surface area contributed by atoms with Gasteiger partial charge < -0.3 is 9.30 Å². The lowest BCUT2D eigenvalue weighted by molar-refractivity contribution is 0.306. The van der Waals surface area contributed by atoms with Crippen molar-refractivity contribution in [2.75, 3.05) is 13.2 Å². The molecule has 2 rings (SSSR count). The normalized spacial score (nSPS) is 11.9. The van der Waals surface area contributed by atoms with E-state index in [0.29, 0.717) is 5.92 Å². The van der Waals surface area contributed by atoms with Crippen LogP contribution in [0.25, 0.3) is 0 Å². The molecule has 0 radical (unpaired) electrons. The maximum atomic E-state index is 14.1. The number of benzene rings is 1. The topological polar surface area (TPSA) is 73.2 Å². The molecular weight excluding hydrogens is 345 g/mol. The maximum absolute atomic E-state index is 14.1. The highest BCUT2D eigenvalue weighted by Gasteiger charge is 2.16. The molecule has 0 amide bonds. The Labute approximate surface area is 148 Å². The van der Waals surface area contributed by atoms with Gasteiger partial charge in [-0.2, -0.15) is 0 Å². The lowest BCUT2D eigenvalue weighted by Crippen LogP contribution is -2.28. The fourth-order valence-electron chi connectivity index (χ4n) is 2.41. The van der Waals surface area contributed by atoms with Crippen molar-refractivity contribution in [3.8, 4) is 5.75 Å². The quantitative estimate of drug-likeness (QED) is 0.726. The first-order chi connectivity index (χ1) is 11.7. The average Bonchev–Trinajstić information content (AvgIpc) is 2.95. The van der Waals surface area contributed by atoms with Crippen molar-refractivity contribution in [1.82, 2.24) is 14.3 Å². The van der Waals surface area contributed by atoms with Crippen LogP contribution in [0.2, 0.25) is 0 Å². The molecule has 0 spiro atoms. The van der Waals surface area contributed by atoms with Crippen molar-refractivity contribution in [1.29, 1.82) is 0 Å². The molecule has 0 saturated heterocycles. The molecule has 1 aromatic heterocycles. The predicted octanol–water partition coefficient (Wildman–Crippen LogP) is 2.42. The van der Waals surface area contributed by atoms with Crippen molar-refractivity contribution in [3.63, 3.8) is 0 Å². The maximum Gasteiger partial charge on any atom is 0.259 e. The average molecular weight is 369 g/mol. The fourth-order valence-corrected chi connectivity index (χ4v) is 3.40. The number of sulfonamides is 1. The summed E-state index contributed by atoms with van der Waals surface area (Å²) in [6.07, 6.45) is 3.61. The van der Waals surface area contributed by atoms with Crippen LogP contribution in [0.15, 0.2) is 29.7 Å². The highest BCUT2D eigenvalue weighted by atomic mass is 32.2. The molecule has 0 fully saturated rings. The lowest BCUT2D eigenvalue weighted by Gasteiger charge is -2.13. The van der Waals surface area contributed by atoms with Gasteiger partial charge in [-0.25, -0.2) is 22.5 Å². The zero-order valence-corrected chi connectivity index (χ0v) is 15.7. The molecule has 6 nitrogen and oxygen atoms in total. The standard InChI is InChI=1S/C17H24FN3O3S/c1-12(2)7-14-9-15(18)16(8-13(14)3)24-6-5-20-25(22,23)17-10-21(4)11-19-17/h8-12,20H,5-7H2,1-4H3. The fraction of sp³-hybridized carbons (Fsp3) is 0.471. The van der Waals surface area contributed by atoms with Gasteiger partial charge in [-0.05, 0) is 42.5 Å². The number of ether oxygens (including phenoxy) is 1. The first-order valence-electron chi connectivity index (χ1n) is 8.08. The number of imidazole rings is 1. The molecule has 0 saturated carbocycles. The summed E-state index contributed by atoms with van der Waals surface area (Å²) in [6, 6.07) is 3.14. The van der Waals surface area contributed by atoms with Gasteiger partial charge in [-0.1, -0.05) is 13.8 Å². The SMILES string of the molecule is Cc1cc(OCCNS(=O)(=O)c2cn(C)cn2)c(F)cc1CC(C)C. The molecule has 1 aromatic carbocycles. The lowest BCUT2D eigenvalue weighted by atomic mass is 9.98. The number of halogens is 1. The van der Waals surface area contributed by atoms with Crippen molar-refractivity contribution < 1.29 is 17.5 Å². The molecule has 0 aliphatic carbocycles. The zero-order chi connectivity index (χ0) is 18.6. The molecule has 0 atom stereocenters. The van der Waals surface area contributed by atoms with E-state index >= 15 is 0 Å². The molecule has 0 unspecified atom stereocenters. The molecule has 1 N–H and O–H groups in total. The Hall–Kier alpha value is -1.93. The second-order valence-electron chi connectivity index (χ2n) is 6.43. The van der Waals surface area contributed by atoms with Crippen LogP contribution < -0.4 is 9.46 Å². The van der Waals surface area contributed by atoms with Gasteiger partial charge in [0.25, 0.3) is 10.0 Å². The summed E-state index contributed by atoms with van der Waals surface area (Å²) in [6.45, 7) is 6.11. The third kappa shape index (κ3) is 5.27. The Morgan fingerprint density at radius 3 is 2.68 bits per heavy atom. The summed E-state index contributed by atoms with van der Waals surface area (Å²) in [5.41, 5.74) is 1.91. The van der Waals surface area contributed by atoms with Crippen molar-refractivity contribution in [3.05, 3.63) is 41.6 Å². The van der Waals surface area contributed by atoms with Gasteiger partial charge in [-0.3, -0.25) is 0 Å². The van der Waals surface area contributed by atoms with Gasteiger partial charge in [0.15, 0.2) is 16.6 Å². The van der Waals surface area contributed by atoms with Crippen LogP contribution >= 0.6 is 0 Å². The Morgan fingerprint density at radius 2 is 2.08 bits per heavy atom. The Morgan fingerprint density at radius 1 is 1.36 bits per heavy atom. The Kier molecular flexibility index (Phi) is 6.18. The van der Waals surface area contributed by atoms with Gasteiger partial charge in [-0.15, -0.1) is 0 Å². The van der Waals surface area contributed by atoms with Crippen molar-refractivity contribution in [2.45, 2.75) is 32.2 Å². The number of hydrogen-bond acceptors (Lipinski definition) is 4. The van der Waals surface area contributed by atoms with E-state index in [1.807, 2.05) is 6.92 Å². The molecule has 0 aliphatic rings. The smallest absolute Gasteiger partial charge is 0.259 e. The number of hydrogen-bond donors (Lipinski definition) is 1. The molecular formula is C17H24FN3O3S. The number of nitrogens with zero attached hydrogens (tertiary/aromatic N) is 2. The molecule has 8 heteroatoms. The number of nitrogens with one attached hydrogen (secondary N) is 1. The van der Waals surface area contributed by atoms with E-state index in [1.54, 1.807) is 17.7 Å². The summed E-state index contributed by atoms with van der Waals surface area (Å²) in [4.78, 5) is 3.79. The largest absolute Gasteiger partial charge is 0.489 e. The van der Waals surface area contributed by atoms with Crippen LogP contribution in [0.3, 0.4) is 0 Å². The van der Waals surface area contributed by atoms with Gasteiger partial charge in [0, 0.05) is 19.8 Å². The minimum atomic E-state index is -3.69. The molecule has 0 bridgehead atoms. The van der Waals surface area contributed by atoms with E-state index in [4.69, 9.17) is 4.74 Å². The third-order valence-electron chi connectivity index (χ3n) is 3.63. The minimum absolute atomic E-state index is 0.0190. The first kappa shape index (κ1) is 19.4. The van der Waals surface area contributed by atoms with Crippen LogP contribution in [-0.4, -0.2) is 31.1 Å². The Balaban J connectivity index is 1.92. The van der Waals surface area contributed by atoms with E-state index in [-0.39, 0.29) is 23.9 Å². The van der Waals surface area contributed by atoms with Crippen molar-refractivity contribution in [2.24, 2.45) is 13.0 Å². The van der Waals surface area contributed by atoms with Gasteiger partial charge in [0.05, 0.1) is 6.33 Å². The molecule has 2 aromatic rings. The number of aryl methyl sites for hydroxylation is 2. The molecule has 138 valence electrons. The van der Waals surface area contributed by atoms with Crippen LogP contribution in [0.4, 0.5) is 4.39 Å². The van der Waals surface area contributed by atoms with E-state index in [9.17, 15) is 12.8 Å². The second kappa shape index (κ2) is 7.97. The summed E-state index contributed by atoms with van der Waals surface area (Å²) in [5.74, 6) is 0.127. The molecule has 1 heterocycles. The summed E-state index contributed by atoms with van der Waals surface area (Å²) in [5, 5.41) is -0.0601. The molecule has 0 aliphatic heterocycles. The molecule has 25 heavy (non-hydrogen) atoms. The zero-order valence-electron chi connectivity index (χ0n) is 14.9.